The first-order valence-corrected chi connectivity index (χ1v) is 5.93. The Bertz CT molecular complexity index is 271. The number of quaternary nitrogens is 1. The van der Waals surface area contributed by atoms with Crippen LogP contribution in [0.5, 0.6) is 0 Å². The van der Waals surface area contributed by atoms with Crippen molar-refractivity contribution in [3.05, 3.63) is 0 Å². The van der Waals surface area contributed by atoms with Gasteiger partial charge < -0.3 is 10.5 Å². The first-order chi connectivity index (χ1) is 7.67. The number of nitrogens with two attached hydrogens (primary N) is 1. The van der Waals surface area contributed by atoms with Gasteiger partial charge in [-0.15, -0.1) is 0 Å². The predicted octanol–water partition coefficient (Wildman–Crippen LogP) is 0.731. The Hall–Kier alpha value is -1.10. The minimum absolute atomic E-state index is 0.242. The van der Waals surface area contributed by atoms with Crippen LogP contribution in [0.4, 0.5) is 0 Å². The highest BCUT2D eigenvalue weighted by Crippen LogP contribution is 2.17. The zero-order valence-electron chi connectivity index (χ0n) is 11.5. The molecule has 2 atom stereocenters. The van der Waals surface area contributed by atoms with Crippen LogP contribution < -0.4 is 5.73 Å². The van der Waals surface area contributed by atoms with Crippen LogP contribution in [0.2, 0.25) is 0 Å². The molecule has 0 aromatic carbocycles. The molecule has 0 fully saturated rings. The number of ether oxygens (including phenoxy) is 1. The molecule has 0 rings (SSSR count). The van der Waals surface area contributed by atoms with Crippen LogP contribution in [-0.4, -0.2) is 44.2 Å². The van der Waals surface area contributed by atoms with Crippen LogP contribution in [-0.2, 0) is 14.3 Å². The molecule has 0 saturated carbocycles. The SMILES string of the molecule is CCC(CC(C)C(N)=O)C(=O)OC[N+](C)(C)C. The van der Waals surface area contributed by atoms with Gasteiger partial charge in [0.1, 0.15) is 0 Å². The van der Waals surface area contributed by atoms with E-state index >= 15 is 0 Å². The monoisotopic (exact) mass is 245 g/mol. The van der Waals surface area contributed by atoms with E-state index in [2.05, 4.69) is 0 Å². The van der Waals surface area contributed by atoms with Crippen molar-refractivity contribution in [3.63, 3.8) is 0 Å². The number of carbonyl (C=O) groups is 2. The summed E-state index contributed by atoms with van der Waals surface area (Å²) in [6.07, 6.45) is 1.12. The summed E-state index contributed by atoms with van der Waals surface area (Å²) in [6, 6.07) is 0. The Morgan fingerprint density at radius 2 is 1.82 bits per heavy atom. The normalized spacial score (nSPS) is 15.1. The average Bonchev–Trinajstić information content (AvgIpc) is 2.20. The molecule has 0 bridgehead atoms. The minimum Gasteiger partial charge on any atom is -0.415 e. The molecule has 0 aromatic rings. The molecule has 0 heterocycles. The van der Waals surface area contributed by atoms with Gasteiger partial charge in [-0.3, -0.25) is 14.1 Å². The van der Waals surface area contributed by atoms with E-state index in [9.17, 15) is 9.59 Å². The molecular formula is C12H25N2O3+. The van der Waals surface area contributed by atoms with Crippen LogP contribution in [0.3, 0.4) is 0 Å². The second-order valence-electron chi connectivity index (χ2n) is 5.53. The number of esters is 1. The number of rotatable bonds is 7. The Kier molecular flexibility index (Phi) is 6.16. The molecule has 1 amide bonds. The molecule has 5 nitrogen and oxygen atoms in total. The van der Waals surface area contributed by atoms with Gasteiger partial charge in [0.2, 0.25) is 12.6 Å². The summed E-state index contributed by atoms with van der Waals surface area (Å²) in [4.78, 5) is 22.8. The summed E-state index contributed by atoms with van der Waals surface area (Å²) in [5.74, 6) is -1.16. The number of hydrogen-bond acceptors (Lipinski definition) is 3. The van der Waals surface area contributed by atoms with Crippen molar-refractivity contribution >= 4 is 11.9 Å². The molecule has 5 heteroatoms. The molecule has 0 aliphatic heterocycles. The standard InChI is InChI=1S/C12H24N2O3/c1-6-10(7-9(2)11(13)15)12(16)17-8-14(3,4)5/h9-10H,6-8H2,1-5H3,(H-,13,15)/p+1. The first kappa shape index (κ1) is 15.9. The third-order valence-corrected chi connectivity index (χ3v) is 2.54. The zero-order chi connectivity index (χ0) is 13.6. The Labute approximate surface area is 103 Å². The largest absolute Gasteiger partial charge is 0.415 e. The first-order valence-electron chi connectivity index (χ1n) is 5.93. The molecular weight excluding hydrogens is 220 g/mol. The van der Waals surface area contributed by atoms with Gasteiger partial charge in [0.15, 0.2) is 0 Å². The molecule has 17 heavy (non-hydrogen) atoms. The average molecular weight is 245 g/mol. The summed E-state index contributed by atoms with van der Waals surface area (Å²) in [5, 5.41) is 0. The van der Waals surface area contributed by atoms with Crippen molar-refractivity contribution in [2.75, 3.05) is 27.9 Å². The van der Waals surface area contributed by atoms with E-state index in [1.54, 1.807) is 6.92 Å². The van der Waals surface area contributed by atoms with Gasteiger partial charge in [0.05, 0.1) is 27.1 Å². The zero-order valence-corrected chi connectivity index (χ0v) is 11.5. The van der Waals surface area contributed by atoms with Crippen molar-refractivity contribution in [1.82, 2.24) is 0 Å². The predicted molar refractivity (Wildman–Crippen MR) is 65.7 cm³/mol. The third-order valence-electron chi connectivity index (χ3n) is 2.54. The van der Waals surface area contributed by atoms with E-state index in [4.69, 9.17) is 10.5 Å². The molecule has 0 spiro atoms. The van der Waals surface area contributed by atoms with Crippen LogP contribution in [0.1, 0.15) is 26.7 Å². The second-order valence-corrected chi connectivity index (χ2v) is 5.53. The van der Waals surface area contributed by atoms with Gasteiger partial charge in [-0.2, -0.15) is 0 Å². The van der Waals surface area contributed by atoms with Crippen molar-refractivity contribution in [3.8, 4) is 0 Å². The number of nitrogens with zero attached hydrogens (tertiary/aromatic N) is 1. The van der Waals surface area contributed by atoms with Crippen LogP contribution in [0, 0.1) is 11.8 Å². The van der Waals surface area contributed by atoms with Gasteiger partial charge >= 0.3 is 5.97 Å². The van der Waals surface area contributed by atoms with Crippen molar-refractivity contribution < 1.29 is 18.8 Å². The van der Waals surface area contributed by atoms with Gasteiger partial charge in [-0.1, -0.05) is 13.8 Å². The van der Waals surface area contributed by atoms with E-state index in [1.165, 1.54) is 0 Å². The van der Waals surface area contributed by atoms with Crippen molar-refractivity contribution in [2.45, 2.75) is 26.7 Å². The number of carbonyl (C=O) groups excluding carboxylic acids is 2. The fourth-order valence-corrected chi connectivity index (χ4v) is 1.35. The highest BCUT2D eigenvalue weighted by Gasteiger charge is 2.24. The summed E-state index contributed by atoms with van der Waals surface area (Å²) in [6.45, 7) is 3.98. The molecule has 0 radical (unpaired) electrons. The summed E-state index contributed by atoms with van der Waals surface area (Å²) < 4.78 is 5.78. The Morgan fingerprint density at radius 3 is 2.18 bits per heavy atom. The van der Waals surface area contributed by atoms with Gasteiger partial charge in [0, 0.05) is 5.92 Å². The maximum Gasteiger partial charge on any atom is 0.313 e. The van der Waals surface area contributed by atoms with Gasteiger partial charge in [-0.25, -0.2) is 0 Å². The third kappa shape index (κ3) is 6.94. The van der Waals surface area contributed by atoms with E-state index < -0.39 is 0 Å². The van der Waals surface area contributed by atoms with Crippen LogP contribution in [0.25, 0.3) is 0 Å². The smallest absolute Gasteiger partial charge is 0.313 e. The summed E-state index contributed by atoms with van der Waals surface area (Å²) in [7, 11) is 5.83. The molecule has 0 aliphatic carbocycles. The second kappa shape index (κ2) is 6.59. The number of primary amides is 1. The molecule has 0 aromatic heterocycles. The highest BCUT2D eigenvalue weighted by atomic mass is 16.5. The fourth-order valence-electron chi connectivity index (χ4n) is 1.35. The minimum atomic E-state index is -0.372. The lowest BCUT2D eigenvalue weighted by molar-refractivity contribution is -0.888. The molecule has 0 aliphatic rings. The van der Waals surface area contributed by atoms with Crippen molar-refractivity contribution in [1.29, 1.82) is 0 Å². The Morgan fingerprint density at radius 1 is 1.29 bits per heavy atom. The highest BCUT2D eigenvalue weighted by molar-refractivity contribution is 5.78. The maximum atomic E-state index is 11.8. The summed E-state index contributed by atoms with van der Waals surface area (Å²) >= 11 is 0. The van der Waals surface area contributed by atoms with E-state index in [1.807, 2.05) is 28.1 Å². The van der Waals surface area contributed by atoms with E-state index in [0.29, 0.717) is 24.1 Å². The maximum absolute atomic E-state index is 11.8. The summed E-state index contributed by atoms with van der Waals surface area (Å²) in [5.41, 5.74) is 5.19. The van der Waals surface area contributed by atoms with E-state index in [-0.39, 0.29) is 23.7 Å². The lowest BCUT2D eigenvalue weighted by atomic mass is 9.93. The van der Waals surface area contributed by atoms with Crippen molar-refractivity contribution in [2.24, 2.45) is 17.6 Å². The number of hydrogen-bond donors (Lipinski definition) is 1. The molecule has 2 N–H and O–H groups in total. The lowest BCUT2D eigenvalue weighted by Gasteiger charge is -2.24. The lowest BCUT2D eigenvalue weighted by Crippen LogP contribution is -2.39. The molecule has 2 unspecified atom stereocenters. The molecule has 100 valence electrons. The van der Waals surface area contributed by atoms with Crippen LogP contribution >= 0.6 is 0 Å². The number of amides is 1. The van der Waals surface area contributed by atoms with Gasteiger partial charge in [-0.05, 0) is 12.8 Å². The quantitative estimate of drug-likeness (QED) is 0.408. The fraction of sp³-hybridized carbons (Fsp3) is 0.833. The topological polar surface area (TPSA) is 69.4 Å². The molecule has 0 saturated heterocycles. The van der Waals surface area contributed by atoms with E-state index in [0.717, 1.165) is 0 Å². The van der Waals surface area contributed by atoms with Crippen LogP contribution in [0.15, 0.2) is 0 Å². The van der Waals surface area contributed by atoms with Gasteiger partial charge in [0.25, 0.3) is 0 Å². The Balaban J connectivity index is 4.27.